The maximum Gasteiger partial charge on any atom is 0.266 e. The maximum absolute atomic E-state index is 15.3. The summed E-state index contributed by atoms with van der Waals surface area (Å²) in [6.45, 7) is 3.22. The van der Waals surface area contributed by atoms with E-state index in [1.165, 1.54) is 29.0 Å². The van der Waals surface area contributed by atoms with E-state index in [-0.39, 0.29) is 53.6 Å². The molecule has 1 aliphatic heterocycles. The van der Waals surface area contributed by atoms with Crippen LogP contribution in [0.1, 0.15) is 72.6 Å². The van der Waals surface area contributed by atoms with Crippen LogP contribution in [-0.4, -0.2) is 47.5 Å². The highest BCUT2D eigenvalue weighted by atomic mass is 19.3. The van der Waals surface area contributed by atoms with E-state index in [9.17, 15) is 27.2 Å². The molecule has 1 saturated heterocycles. The summed E-state index contributed by atoms with van der Waals surface area (Å²) >= 11 is 0. The van der Waals surface area contributed by atoms with Crippen molar-refractivity contribution in [1.29, 1.82) is 0 Å². The summed E-state index contributed by atoms with van der Waals surface area (Å²) in [7, 11) is 1.99. The third-order valence-corrected chi connectivity index (χ3v) is 9.41. The van der Waals surface area contributed by atoms with Gasteiger partial charge in [0.25, 0.3) is 17.9 Å². The van der Waals surface area contributed by atoms with Crippen molar-refractivity contribution in [2.75, 3.05) is 25.0 Å². The smallest absolute Gasteiger partial charge is 0.266 e. The van der Waals surface area contributed by atoms with Crippen molar-refractivity contribution in [3.05, 3.63) is 63.3 Å². The molecule has 210 valence electrons. The van der Waals surface area contributed by atoms with Gasteiger partial charge in [0.2, 0.25) is 5.92 Å². The summed E-state index contributed by atoms with van der Waals surface area (Å²) < 4.78 is 70.7. The van der Waals surface area contributed by atoms with Gasteiger partial charge in [-0.3, -0.25) is 9.59 Å². The number of amides is 1. The van der Waals surface area contributed by atoms with Crippen molar-refractivity contribution in [3.8, 4) is 0 Å². The van der Waals surface area contributed by atoms with Crippen LogP contribution < -0.4 is 16.2 Å². The van der Waals surface area contributed by atoms with Crippen LogP contribution in [0.25, 0.3) is 0 Å². The molecule has 4 aliphatic rings. The number of piperidine rings is 1. The molecule has 1 spiro atoms. The van der Waals surface area contributed by atoms with Gasteiger partial charge in [-0.25, -0.2) is 22.0 Å². The van der Waals surface area contributed by atoms with Crippen LogP contribution in [0.2, 0.25) is 0 Å². The van der Waals surface area contributed by atoms with Gasteiger partial charge in [-0.15, -0.1) is 0 Å². The number of carbonyl (C=O) groups excluding carboxylic acids is 1. The van der Waals surface area contributed by atoms with Gasteiger partial charge in [-0.05, 0) is 44.1 Å². The number of primary amides is 1. The molecule has 3 aliphatic carbocycles. The summed E-state index contributed by atoms with van der Waals surface area (Å²) in [6.07, 6.45) is -1.15. The standard InChI is InChI=1S/C28H31F5N4O2/c1-14(16-4-3-5-17(23(16)29)25(30)31)37(24-18-9-35(2)10-19(18)24)21-6-22(38)36(11-20(21)26(34)39)15-7-27(8-15)12-28(32,33)13-27/h3-6,11,14-15,18-19,24-25H,7-10,12-13H2,1-2H3,(H2,34,39)/t14-,18?,19?,24?/m1/s1. The first-order chi connectivity index (χ1) is 18.3. The predicted molar refractivity (Wildman–Crippen MR) is 135 cm³/mol. The number of fused-ring (bicyclic) bond motifs is 1. The summed E-state index contributed by atoms with van der Waals surface area (Å²) in [5, 5.41) is 0. The molecule has 2 aromatic rings. The van der Waals surface area contributed by atoms with E-state index in [0.29, 0.717) is 12.8 Å². The minimum absolute atomic E-state index is 0.0394. The number of benzene rings is 1. The molecule has 1 aromatic heterocycles. The largest absolute Gasteiger partial charge is 0.365 e. The number of nitrogens with two attached hydrogens (primary N) is 1. The topological polar surface area (TPSA) is 71.6 Å². The number of hydrogen-bond acceptors (Lipinski definition) is 4. The summed E-state index contributed by atoms with van der Waals surface area (Å²) in [6, 6.07) is 3.94. The molecule has 2 N–H and O–H groups in total. The first kappa shape index (κ1) is 26.3. The number of anilines is 1. The predicted octanol–water partition coefficient (Wildman–Crippen LogP) is 4.90. The zero-order chi connectivity index (χ0) is 28.0. The number of alkyl halides is 4. The van der Waals surface area contributed by atoms with Crippen molar-refractivity contribution in [3.63, 3.8) is 0 Å². The lowest BCUT2D eigenvalue weighted by Crippen LogP contribution is -2.55. The quantitative estimate of drug-likeness (QED) is 0.498. The van der Waals surface area contributed by atoms with Gasteiger partial charge in [0, 0.05) is 55.8 Å². The van der Waals surface area contributed by atoms with Crippen molar-refractivity contribution in [1.82, 2.24) is 9.47 Å². The van der Waals surface area contributed by atoms with Crippen LogP contribution in [0.5, 0.6) is 0 Å². The monoisotopic (exact) mass is 550 g/mol. The minimum atomic E-state index is -2.99. The number of rotatable bonds is 7. The number of likely N-dealkylation sites (tertiary alicyclic amines) is 1. The third-order valence-electron chi connectivity index (χ3n) is 9.41. The van der Waals surface area contributed by atoms with Crippen LogP contribution in [0.3, 0.4) is 0 Å². The fourth-order valence-electron chi connectivity index (χ4n) is 7.65. The molecule has 2 unspecified atom stereocenters. The van der Waals surface area contributed by atoms with Crippen molar-refractivity contribution >= 4 is 11.6 Å². The van der Waals surface area contributed by atoms with E-state index in [4.69, 9.17) is 5.73 Å². The van der Waals surface area contributed by atoms with Gasteiger partial charge in [-0.1, -0.05) is 18.2 Å². The highest BCUT2D eigenvalue weighted by Gasteiger charge is 2.62. The number of aromatic nitrogens is 1. The second-order valence-electron chi connectivity index (χ2n) is 12.1. The van der Waals surface area contributed by atoms with Crippen LogP contribution in [0.4, 0.5) is 27.6 Å². The third kappa shape index (κ3) is 4.24. The SMILES string of the molecule is C[C@H](c1cccc(C(F)F)c1F)N(c1cc(=O)n(C2CC3(C2)CC(F)(F)C3)cc1C(N)=O)C1C2CN(C)CC21. The highest BCUT2D eigenvalue weighted by molar-refractivity contribution is 5.98. The Morgan fingerprint density at radius 2 is 1.74 bits per heavy atom. The molecule has 6 nitrogen and oxygen atoms in total. The minimum Gasteiger partial charge on any atom is -0.365 e. The molecule has 0 bridgehead atoms. The summed E-state index contributed by atoms with van der Waals surface area (Å²) in [5.41, 5.74) is 4.54. The van der Waals surface area contributed by atoms with E-state index in [0.717, 1.165) is 19.2 Å². The fourth-order valence-corrected chi connectivity index (χ4v) is 7.65. The number of halogens is 5. The van der Waals surface area contributed by atoms with Gasteiger partial charge < -0.3 is 20.1 Å². The lowest BCUT2D eigenvalue weighted by Gasteiger charge is -2.57. The lowest BCUT2D eigenvalue weighted by atomic mass is 9.52. The van der Waals surface area contributed by atoms with E-state index in [1.54, 1.807) is 11.8 Å². The second-order valence-corrected chi connectivity index (χ2v) is 12.1. The first-order valence-electron chi connectivity index (χ1n) is 13.3. The Labute approximate surface area is 222 Å². The van der Waals surface area contributed by atoms with Gasteiger partial charge in [0.05, 0.1) is 22.9 Å². The van der Waals surface area contributed by atoms with Crippen molar-refractivity contribution in [2.45, 2.75) is 63.1 Å². The Balaban J connectivity index is 1.39. The van der Waals surface area contributed by atoms with Crippen LogP contribution in [0, 0.1) is 23.1 Å². The molecular weight excluding hydrogens is 519 g/mol. The highest BCUT2D eigenvalue weighted by Crippen LogP contribution is 2.65. The van der Waals surface area contributed by atoms with Crippen LogP contribution in [-0.2, 0) is 0 Å². The molecule has 0 radical (unpaired) electrons. The number of carbonyl (C=O) groups is 1. The van der Waals surface area contributed by atoms with Crippen LogP contribution >= 0.6 is 0 Å². The van der Waals surface area contributed by atoms with Crippen molar-refractivity contribution in [2.24, 2.45) is 23.0 Å². The molecule has 4 fully saturated rings. The Hall–Kier alpha value is -2.95. The lowest BCUT2D eigenvalue weighted by molar-refractivity contribution is -0.203. The zero-order valence-electron chi connectivity index (χ0n) is 21.7. The number of pyridine rings is 1. The Kier molecular flexibility index (Phi) is 5.91. The Morgan fingerprint density at radius 3 is 2.31 bits per heavy atom. The average molecular weight is 551 g/mol. The van der Waals surface area contributed by atoms with E-state index < -0.39 is 46.7 Å². The zero-order valence-corrected chi connectivity index (χ0v) is 21.7. The maximum atomic E-state index is 15.3. The number of hydrogen-bond donors (Lipinski definition) is 1. The molecule has 1 aromatic carbocycles. The van der Waals surface area contributed by atoms with Crippen LogP contribution in [0.15, 0.2) is 35.3 Å². The first-order valence-corrected chi connectivity index (χ1v) is 13.3. The second kappa shape index (κ2) is 8.78. The molecule has 3 atom stereocenters. The van der Waals surface area contributed by atoms with Gasteiger partial charge in [0.15, 0.2) is 0 Å². The number of nitrogens with zero attached hydrogens (tertiary/aromatic N) is 3. The molecule has 6 rings (SSSR count). The van der Waals surface area contributed by atoms with E-state index in [2.05, 4.69) is 4.90 Å². The molecule has 11 heteroatoms. The normalized spacial score (nSPS) is 27.6. The summed E-state index contributed by atoms with van der Waals surface area (Å²) in [5.74, 6) is -4.06. The van der Waals surface area contributed by atoms with Gasteiger partial charge >= 0.3 is 0 Å². The Morgan fingerprint density at radius 1 is 1.13 bits per heavy atom. The van der Waals surface area contributed by atoms with E-state index in [1.807, 2.05) is 7.05 Å². The van der Waals surface area contributed by atoms with Gasteiger partial charge in [0.1, 0.15) is 5.82 Å². The van der Waals surface area contributed by atoms with Gasteiger partial charge in [-0.2, -0.15) is 0 Å². The molecule has 1 amide bonds. The molecule has 2 heterocycles. The molecule has 3 saturated carbocycles. The average Bonchev–Trinajstić information content (AvgIpc) is 3.28. The molecular formula is C28H31F5N4O2. The molecule has 39 heavy (non-hydrogen) atoms. The Bertz CT molecular complexity index is 1370. The van der Waals surface area contributed by atoms with E-state index >= 15 is 4.39 Å². The fraction of sp³-hybridized carbons (Fsp3) is 0.571. The van der Waals surface area contributed by atoms with Crippen molar-refractivity contribution < 1.29 is 26.7 Å². The summed E-state index contributed by atoms with van der Waals surface area (Å²) in [4.78, 5) is 30.0.